The standard InChI is InChI=1S/C15H16FNO3S/c1-10-6-13(16)8-14(7-10)17-21(19,20)15-5-3-4-12(9-18)11(15)2/h3-8,17-18H,9H2,1-2H3. The molecule has 6 heteroatoms. The van der Waals surface area contributed by atoms with Crippen LogP contribution in [0, 0.1) is 19.7 Å². The zero-order valence-electron chi connectivity index (χ0n) is 11.7. The van der Waals surface area contributed by atoms with Crippen LogP contribution in [-0.2, 0) is 16.6 Å². The highest BCUT2D eigenvalue weighted by Crippen LogP contribution is 2.23. The SMILES string of the molecule is Cc1cc(F)cc(NS(=O)(=O)c2cccc(CO)c2C)c1. The molecule has 112 valence electrons. The van der Waals surface area contributed by atoms with E-state index in [4.69, 9.17) is 0 Å². The van der Waals surface area contributed by atoms with E-state index in [1.54, 1.807) is 32.0 Å². The summed E-state index contributed by atoms with van der Waals surface area (Å²) in [5, 5.41) is 9.21. The zero-order chi connectivity index (χ0) is 15.6. The summed E-state index contributed by atoms with van der Waals surface area (Å²) in [6, 6.07) is 8.64. The molecule has 0 aromatic heterocycles. The van der Waals surface area contributed by atoms with Gasteiger partial charge in [0.1, 0.15) is 5.82 Å². The van der Waals surface area contributed by atoms with Crippen molar-refractivity contribution in [2.75, 3.05) is 4.72 Å². The molecule has 0 radical (unpaired) electrons. The third-order valence-electron chi connectivity index (χ3n) is 3.15. The number of benzene rings is 2. The molecule has 2 aromatic carbocycles. The van der Waals surface area contributed by atoms with Crippen molar-refractivity contribution >= 4 is 15.7 Å². The van der Waals surface area contributed by atoms with E-state index in [2.05, 4.69) is 4.72 Å². The molecular weight excluding hydrogens is 293 g/mol. The number of aryl methyl sites for hydroxylation is 1. The molecule has 0 saturated heterocycles. The molecule has 0 aliphatic carbocycles. The van der Waals surface area contributed by atoms with Crippen LogP contribution < -0.4 is 4.72 Å². The molecule has 0 aliphatic rings. The summed E-state index contributed by atoms with van der Waals surface area (Å²) in [4.78, 5) is 0.0657. The Morgan fingerprint density at radius 1 is 1.19 bits per heavy atom. The second-order valence-electron chi connectivity index (χ2n) is 4.82. The number of rotatable bonds is 4. The molecular formula is C15H16FNO3S. The predicted octanol–water partition coefficient (Wildman–Crippen LogP) is 2.74. The van der Waals surface area contributed by atoms with Gasteiger partial charge in [0.05, 0.1) is 17.2 Å². The molecule has 0 heterocycles. The molecule has 0 amide bonds. The summed E-state index contributed by atoms with van der Waals surface area (Å²) in [6.07, 6.45) is 0. The first-order valence-electron chi connectivity index (χ1n) is 6.33. The van der Waals surface area contributed by atoms with Crippen LogP contribution in [0.1, 0.15) is 16.7 Å². The van der Waals surface area contributed by atoms with Crippen LogP contribution in [0.3, 0.4) is 0 Å². The fourth-order valence-electron chi connectivity index (χ4n) is 2.13. The zero-order valence-corrected chi connectivity index (χ0v) is 12.5. The molecule has 0 saturated carbocycles. The lowest BCUT2D eigenvalue weighted by Crippen LogP contribution is -2.15. The number of hydrogen-bond acceptors (Lipinski definition) is 3. The summed E-state index contributed by atoms with van der Waals surface area (Å²) in [5.74, 6) is -0.506. The van der Waals surface area contributed by atoms with E-state index in [0.717, 1.165) is 6.07 Å². The smallest absolute Gasteiger partial charge is 0.262 e. The van der Waals surface area contributed by atoms with Crippen molar-refractivity contribution in [3.8, 4) is 0 Å². The van der Waals surface area contributed by atoms with Crippen molar-refractivity contribution in [1.82, 2.24) is 0 Å². The quantitative estimate of drug-likeness (QED) is 0.912. The Hall–Kier alpha value is -1.92. The second-order valence-corrected chi connectivity index (χ2v) is 6.47. The van der Waals surface area contributed by atoms with Crippen molar-refractivity contribution in [3.63, 3.8) is 0 Å². The van der Waals surface area contributed by atoms with Gasteiger partial charge >= 0.3 is 0 Å². The van der Waals surface area contributed by atoms with Gasteiger partial charge in [0.2, 0.25) is 0 Å². The summed E-state index contributed by atoms with van der Waals surface area (Å²) in [5.41, 5.74) is 1.80. The van der Waals surface area contributed by atoms with Crippen molar-refractivity contribution in [3.05, 3.63) is 58.9 Å². The molecule has 2 aromatic rings. The van der Waals surface area contributed by atoms with Gasteiger partial charge in [0, 0.05) is 0 Å². The Morgan fingerprint density at radius 3 is 2.52 bits per heavy atom. The van der Waals surface area contributed by atoms with Crippen LogP contribution in [0.5, 0.6) is 0 Å². The van der Waals surface area contributed by atoms with E-state index in [1.807, 2.05) is 0 Å². The van der Waals surface area contributed by atoms with Crippen LogP contribution in [0.25, 0.3) is 0 Å². The largest absolute Gasteiger partial charge is 0.392 e. The summed E-state index contributed by atoms with van der Waals surface area (Å²) < 4.78 is 40.5. The van der Waals surface area contributed by atoms with Crippen molar-refractivity contribution in [2.45, 2.75) is 25.3 Å². The van der Waals surface area contributed by atoms with Gasteiger partial charge < -0.3 is 5.11 Å². The van der Waals surface area contributed by atoms with Gasteiger partial charge in [-0.3, -0.25) is 4.72 Å². The van der Waals surface area contributed by atoms with Crippen molar-refractivity contribution in [2.24, 2.45) is 0 Å². The topological polar surface area (TPSA) is 66.4 Å². The lowest BCUT2D eigenvalue weighted by atomic mass is 10.1. The number of anilines is 1. The fraction of sp³-hybridized carbons (Fsp3) is 0.200. The molecule has 0 spiro atoms. The summed E-state index contributed by atoms with van der Waals surface area (Å²) in [7, 11) is -3.84. The van der Waals surface area contributed by atoms with Crippen LogP contribution in [0.15, 0.2) is 41.3 Å². The Kier molecular flexibility index (Phi) is 4.29. The highest BCUT2D eigenvalue weighted by atomic mass is 32.2. The van der Waals surface area contributed by atoms with Gasteiger partial charge in [-0.25, -0.2) is 12.8 Å². The molecule has 21 heavy (non-hydrogen) atoms. The fourth-order valence-corrected chi connectivity index (χ4v) is 3.46. The normalized spacial score (nSPS) is 11.4. The maximum absolute atomic E-state index is 13.3. The van der Waals surface area contributed by atoms with E-state index in [0.29, 0.717) is 16.7 Å². The van der Waals surface area contributed by atoms with Gasteiger partial charge in [0.15, 0.2) is 0 Å². The van der Waals surface area contributed by atoms with E-state index < -0.39 is 15.8 Å². The molecule has 4 nitrogen and oxygen atoms in total. The Labute approximate surface area is 123 Å². The van der Waals surface area contributed by atoms with Gasteiger partial charge in [0.25, 0.3) is 10.0 Å². The van der Waals surface area contributed by atoms with Gasteiger partial charge in [-0.15, -0.1) is 0 Å². The van der Waals surface area contributed by atoms with Crippen molar-refractivity contribution < 1.29 is 17.9 Å². The number of aliphatic hydroxyl groups excluding tert-OH is 1. The maximum atomic E-state index is 13.3. The van der Waals surface area contributed by atoms with Crippen LogP contribution >= 0.6 is 0 Å². The van der Waals surface area contributed by atoms with Crippen LogP contribution in [-0.4, -0.2) is 13.5 Å². The highest BCUT2D eigenvalue weighted by Gasteiger charge is 2.18. The number of hydrogen-bond donors (Lipinski definition) is 2. The lowest BCUT2D eigenvalue weighted by Gasteiger charge is -2.13. The number of nitrogens with one attached hydrogen (secondary N) is 1. The minimum absolute atomic E-state index is 0.0657. The van der Waals surface area contributed by atoms with Crippen molar-refractivity contribution in [1.29, 1.82) is 0 Å². The highest BCUT2D eigenvalue weighted by molar-refractivity contribution is 7.92. The average Bonchev–Trinajstić information content (AvgIpc) is 2.36. The molecule has 0 fully saturated rings. The third kappa shape index (κ3) is 3.40. The second kappa shape index (κ2) is 5.83. The predicted molar refractivity (Wildman–Crippen MR) is 79.0 cm³/mol. The van der Waals surface area contributed by atoms with E-state index >= 15 is 0 Å². The molecule has 0 atom stereocenters. The minimum atomic E-state index is -3.84. The molecule has 2 N–H and O–H groups in total. The van der Waals surface area contributed by atoms with E-state index in [1.165, 1.54) is 12.1 Å². The van der Waals surface area contributed by atoms with Gasteiger partial charge in [-0.05, 0) is 54.8 Å². The average molecular weight is 309 g/mol. The van der Waals surface area contributed by atoms with Gasteiger partial charge in [-0.2, -0.15) is 0 Å². The lowest BCUT2D eigenvalue weighted by molar-refractivity contribution is 0.280. The molecule has 2 rings (SSSR count). The summed E-state index contributed by atoms with van der Waals surface area (Å²) in [6.45, 7) is 3.06. The number of sulfonamides is 1. The molecule has 0 bridgehead atoms. The molecule has 0 unspecified atom stereocenters. The first kappa shape index (κ1) is 15.5. The Morgan fingerprint density at radius 2 is 1.90 bits per heavy atom. The number of aliphatic hydroxyl groups is 1. The van der Waals surface area contributed by atoms with Gasteiger partial charge in [-0.1, -0.05) is 12.1 Å². The van der Waals surface area contributed by atoms with E-state index in [9.17, 15) is 17.9 Å². The molecule has 0 aliphatic heterocycles. The maximum Gasteiger partial charge on any atom is 0.262 e. The Bertz CT molecular complexity index is 752. The summed E-state index contributed by atoms with van der Waals surface area (Å²) >= 11 is 0. The first-order chi connectivity index (χ1) is 9.83. The number of halogens is 1. The third-order valence-corrected chi connectivity index (χ3v) is 4.68. The Balaban J connectivity index is 2.43. The first-order valence-corrected chi connectivity index (χ1v) is 7.81. The van der Waals surface area contributed by atoms with E-state index in [-0.39, 0.29) is 17.2 Å². The van der Waals surface area contributed by atoms with Crippen LogP contribution in [0.2, 0.25) is 0 Å². The monoisotopic (exact) mass is 309 g/mol. The van der Waals surface area contributed by atoms with Crippen LogP contribution in [0.4, 0.5) is 10.1 Å². The minimum Gasteiger partial charge on any atom is -0.392 e.